The lowest BCUT2D eigenvalue weighted by Crippen LogP contribution is -2.04. The highest BCUT2D eigenvalue weighted by Gasteiger charge is 2.15. The summed E-state index contributed by atoms with van der Waals surface area (Å²) in [4.78, 5) is 14.9. The van der Waals surface area contributed by atoms with E-state index in [-0.39, 0.29) is 5.69 Å². The number of non-ortho nitro benzene ring substituents is 1. The predicted molar refractivity (Wildman–Crippen MR) is 78.1 cm³/mol. The normalized spacial score (nSPS) is 10.5. The maximum absolute atomic E-state index is 10.9. The van der Waals surface area contributed by atoms with Crippen LogP contribution in [0.25, 0.3) is 11.3 Å². The van der Waals surface area contributed by atoms with Gasteiger partial charge in [0.1, 0.15) is 10.8 Å². The lowest BCUT2D eigenvalue weighted by atomic mass is 10.1. The molecule has 106 valence electrons. The molecule has 1 aromatic carbocycles. The quantitative estimate of drug-likeness (QED) is 0.654. The molecule has 0 saturated carbocycles. The van der Waals surface area contributed by atoms with Gasteiger partial charge in [-0.25, -0.2) is 4.98 Å². The predicted octanol–water partition coefficient (Wildman–Crippen LogP) is 2.84. The van der Waals surface area contributed by atoms with Gasteiger partial charge in [-0.05, 0) is 20.0 Å². The van der Waals surface area contributed by atoms with Crippen molar-refractivity contribution < 1.29 is 9.66 Å². The molecule has 20 heavy (non-hydrogen) atoms. The minimum absolute atomic E-state index is 0.0339. The largest absolute Gasteiger partial charge is 0.493 e. The SMILES string of the molecule is CCOc1ccc([N+](=O)[O-])cc1-c1csc(CNC)n1. The van der Waals surface area contributed by atoms with Crippen LogP contribution in [0.3, 0.4) is 0 Å². The van der Waals surface area contributed by atoms with Crippen molar-refractivity contribution in [2.75, 3.05) is 13.7 Å². The molecular formula is C13H15N3O3S. The molecule has 0 amide bonds. The summed E-state index contributed by atoms with van der Waals surface area (Å²) in [5.41, 5.74) is 1.39. The molecule has 0 fully saturated rings. The average Bonchev–Trinajstić information content (AvgIpc) is 2.88. The maximum Gasteiger partial charge on any atom is 0.270 e. The van der Waals surface area contributed by atoms with Crippen LogP contribution in [0.15, 0.2) is 23.6 Å². The van der Waals surface area contributed by atoms with Crippen LogP contribution in [0.1, 0.15) is 11.9 Å². The Kier molecular flexibility index (Phi) is 4.65. The Hall–Kier alpha value is -1.99. The van der Waals surface area contributed by atoms with Crippen molar-refractivity contribution in [1.82, 2.24) is 10.3 Å². The van der Waals surface area contributed by atoms with Crippen LogP contribution in [-0.4, -0.2) is 23.6 Å². The van der Waals surface area contributed by atoms with Crippen LogP contribution in [0.5, 0.6) is 5.75 Å². The second-order valence-electron chi connectivity index (χ2n) is 4.03. The molecule has 0 aliphatic heterocycles. The standard InChI is InChI=1S/C13H15N3O3S/c1-3-19-12-5-4-9(16(17)18)6-10(12)11-8-20-13(15-11)7-14-2/h4-6,8,14H,3,7H2,1-2H3. The first kappa shape index (κ1) is 14.4. The van der Waals surface area contributed by atoms with Crippen molar-refractivity contribution in [1.29, 1.82) is 0 Å². The Morgan fingerprint density at radius 3 is 2.95 bits per heavy atom. The van der Waals surface area contributed by atoms with Gasteiger partial charge in [0.15, 0.2) is 0 Å². The van der Waals surface area contributed by atoms with Gasteiger partial charge in [-0.15, -0.1) is 11.3 Å². The summed E-state index contributed by atoms with van der Waals surface area (Å²) in [5.74, 6) is 0.611. The molecule has 1 aromatic heterocycles. The Labute approximate surface area is 120 Å². The van der Waals surface area contributed by atoms with E-state index >= 15 is 0 Å². The minimum Gasteiger partial charge on any atom is -0.493 e. The number of nitrogens with one attached hydrogen (secondary N) is 1. The number of rotatable bonds is 6. The number of ether oxygens (including phenoxy) is 1. The van der Waals surface area contributed by atoms with Crippen LogP contribution >= 0.6 is 11.3 Å². The lowest BCUT2D eigenvalue weighted by Gasteiger charge is -2.08. The molecule has 2 rings (SSSR count). The molecule has 1 heterocycles. The van der Waals surface area contributed by atoms with Crippen molar-refractivity contribution in [2.45, 2.75) is 13.5 Å². The summed E-state index contributed by atoms with van der Waals surface area (Å²) in [6, 6.07) is 4.56. The molecule has 0 saturated heterocycles. The first-order valence-electron chi connectivity index (χ1n) is 6.16. The van der Waals surface area contributed by atoms with E-state index in [1.165, 1.54) is 23.5 Å². The van der Waals surface area contributed by atoms with Crippen molar-refractivity contribution >= 4 is 17.0 Å². The summed E-state index contributed by atoms with van der Waals surface area (Å²) in [6.07, 6.45) is 0. The average molecular weight is 293 g/mol. The second kappa shape index (κ2) is 6.44. The minimum atomic E-state index is -0.417. The van der Waals surface area contributed by atoms with Crippen LogP contribution in [0.4, 0.5) is 5.69 Å². The number of nitrogens with zero attached hydrogens (tertiary/aromatic N) is 2. The highest BCUT2D eigenvalue weighted by molar-refractivity contribution is 7.09. The van der Waals surface area contributed by atoms with Crippen LogP contribution in [0.2, 0.25) is 0 Å². The Morgan fingerprint density at radius 1 is 1.50 bits per heavy atom. The molecule has 1 N–H and O–H groups in total. The fourth-order valence-electron chi connectivity index (χ4n) is 1.78. The van der Waals surface area contributed by atoms with E-state index < -0.39 is 4.92 Å². The van der Waals surface area contributed by atoms with Crippen molar-refractivity contribution in [3.05, 3.63) is 38.7 Å². The van der Waals surface area contributed by atoms with E-state index in [9.17, 15) is 10.1 Å². The van der Waals surface area contributed by atoms with E-state index in [0.29, 0.717) is 30.2 Å². The topological polar surface area (TPSA) is 77.3 Å². The van der Waals surface area contributed by atoms with Gasteiger partial charge in [-0.1, -0.05) is 0 Å². The van der Waals surface area contributed by atoms with E-state index in [0.717, 1.165) is 5.01 Å². The molecule has 7 heteroatoms. The van der Waals surface area contributed by atoms with E-state index in [1.54, 1.807) is 6.07 Å². The van der Waals surface area contributed by atoms with E-state index in [2.05, 4.69) is 10.3 Å². The molecule has 0 radical (unpaired) electrons. The zero-order valence-corrected chi connectivity index (χ0v) is 12.1. The van der Waals surface area contributed by atoms with Crippen LogP contribution in [0, 0.1) is 10.1 Å². The maximum atomic E-state index is 10.9. The van der Waals surface area contributed by atoms with Crippen molar-refractivity contribution in [3.8, 4) is 17.0 Å². The molecule has 0 atom stereocenters. The molecule has 0 unspecified atom stereocenters. The van der Waals surface area contributed by atoms with Gasteiger partial charge in [0.25, 0.3) is 5.69 Å². The summed E-state index contributed by atoms with van der Waals surface area (Å²) < 4.78 is 5.52. The van der Waals surface area contributed by atoms with Crippen LogP contribution < -0.4 is 10.1 Å². The third kappa shape index (κ3) is 3.12. The van der Waals surface area contributed by atoms with Gasteiger partial charge >= 0.3 is 0 Å². The number of nitro groups is 1. The van der Waals surface area contributed by atoms with E-state index in [1.807, 2.05) is 19.4 Å². The number of nitro benzene ring substituents is 1. The molecule has 6 nitrogen and oxygen atoms in total. The Balaban J connectivity index is 2.44. The number of thiazole rings is 1. The summed E-state index contributed by atoms with van der Waals surface area (Å²) in [5, 5.41) is 16.7. The Bertz CT molecular complexity index is 613. The molecule has 0 spiro atoms. The summed E-state index contributed by atoms with van der Waals surface area (Å²) >= 11 is 1.51. The zero-order valence-electron chi connectivity index (χ0n) is 11.3. The number of benzene rings is 1. The number of hydrogen-bond acceptors (Lipinski definition) is 6. The second-order valence-corrected chi connectivity index (χ2v) is 4.97. The molecule has 0 aliphatic rings. The fourth-order valence-corrected chi connectivity index (χ4v) is 2.59. The van der Waals surface area contributed by atoms with Gasteiger partial charge in [0.05, 0.1) is 17.2 Å². The third-order valence-electron chi connectivity index (χ3n) is 2.63. The third-order valence-corrected chi connectivity index (χ3v) is 3.48. The summed E-state index contributed by atoms with van der Waals surface area (Å²) in [6.45, 7) is 3.04. The monoisotopic (exact) mass is 293 g/mol. The first-order chi connectivity index (χ1) is 9.65. The molecule has 0 bridgehead atoms. The highest BCUT2D eigenvalue weighted by Crippen LogP contribution is 2.34. The van der Waals surface area contributed by atoms with Gasteiger partial charge in [-0.2, -0.15) is 0 Å². The van der Waals surface area contributed by atoms with E-state index in [4.69, 9.17) is 4.74 Å². The highest BCUT2D eigenvalue weighted by atomic mass is 32.1. The smallest absolute Gasteiger partial charge is 0.270 e. The summed E-state index contributed by atoms with van der Waals surface area (Å²) in [7, 11) is 1.85. The first-order valence-corrected chi connectivity index (χ1v) is 7.04. The van der Waals surface area contributed by atoms with Crippen molar-refractivity contribution in [2.24, 2.45) is 0 Å². The van der Waals surface area contributed by atoms with Gasteiger partial charge < -0.3 is 10.1 Å². The van der Waals surface area contributed by atoms with Gasteiger partial charge in [-0.3, -0.25) is 10.1 Å². The molecular weight excluding hydrogens is 278 g/mol. The fraction of sp³-hybridized carbons (Fsp3) is 0.308. The number of aromatic nitrogens is 1. The molecule has 2 aromatic rings. The lowest BCUT2D eigenvalue weighted by molar-refractivity contribution is -0.384. The van der Waals surface area contributed by atoms with Crippen molar-refractivity contribution in [3.63, 3.8) is 0 Å². The van der Waals surface area contributed by atoms with Gasteiger partial charge in [0.2, 0.25) is 0 Å². The Morgan fingerprint density at radius 2 is 2.30 bits per heavy atom. The van der Waals surface area contributed by atoms with Gasteiger partial charge in [0, 0.05) is 29.6 Å². The molecule has 0 aliphatic carbocycles. The zero-order chi connectivity index (χ0) is 14.5. The van der Waals surface area contributed by atoms with Crippen LogP contribution in [-0.2, 0) is 6.54 Å². The number of hydrogen-bond donors (Lipinski definition) is 1.